The van der Waals surface area contributed by atoms with E-state index in [2.05, 4.69) is 5.32 Å². The van der Waals surface area contributed by atoms with Crippen molar-refractivity contribution in [3.05, 3.63) is 33.9 Å². The van der Waals surface area contributed by atoms with Gasteiger partial charge in [0.15, 0.2) is 0 Å². The van der Waals surface area contributed by atoms with Gasteiger partial charge in [0.2, 0.25) is 0 Å². The van der Waals surface area contributed by atoms with Crippen LogP contribution in [-0.4, -0.2) is 33.8 Å². The predicted octanol–water partition coefficient (Wildman–Crippen LogP) is 2.26. The molecule has 0 aromatic heterocycles. The van der Waals surface area contributed by atoms with Crippen LogP contribution in [0.25, 0.3) is 0 Å². The van der Waals surface area contributed by atoms with Gasteiger partial charge in [-0.3, -0.25) is 10.1 Å². The quantitative estimate of drug-likeness (QED) is 0.567. The standard InChI is InChI=1S/C14H18N2O5/c17-11-3-1-2-9(6-11)8-15-12-7-10(14(18)19)4-5-13(12)16(20)21/h4-5,7,9,11,15,17H,1-3,6,8H2,(H,18,19). The Hall–Kier alpha value is -2.15. The second-order valence-electron chi connectivity index (χ2n) is 5.36. The number of aliphatic hydroxyl groups excluding tert-OH is 1. The summed E-state index contributed by atoms with van der Waals surface area (Å²) in [6.45, 7) is 0.487. The van der Waals surface area contributed by atoms with Gasteiger partial charge in [0.25, 0.3) is 5.69 Å². The maximum Gasteiger partial charge on any atom is 0.335 e. The fraction of sp³-hybridized carbons (Fsp3) is 0.500. The van der Waals surface area contributed by atoms with Crippen molar-refractivity contribution in [3.8, 4) is 0 Å². The van der Waals surface area contributed by atoms with Crippen molar-refractivity contribution in [2.75, 3.05) is 11.9 Å². The van der Waals surface area contributed by atoms with Crippen molar-refractivity contribution in [2.24, 2.45) is 5.92 Å². The van der Waals surface area contributed by atoms with Gasteiger partial charge in [0.05, 0.1) is 16.6 Å². The Morgan fingerprint density at radius 2 is 2.19 bits per heavy atom. The monoisotopic (exact) mass is 294 g/mol. The number of hydrogen-bond donors (Lipinski definition) is 3. The van der Waals surface area contributed by atoms with E-state index >= 15 is 0 Å². The third kappa shape index (κ3) is 3.91. The molecule has 1 aromatic carbocycles. The topological polar surface area (TPSA) is 113 Å². The SMILES string of the molecule is O=C(O)c1ccc([N+](=O)[O-])c(NCC2CCCC(O)C2)c1. The first-order valence-corrected chi connectivity index (χ1v) is 6.91. The van der Waals surface area contributed by atoms with Crippen molar-refractivity contribution in [3.63, 3.8) is 0 Å². The average molecular weight is 294 g/mol. The number of hydrogen-bond acceptors (Lipinski definition) is 5. The van der Waals surface area contributed by atoms with Gasteiger partial charge in [-0.25, -0.2) is 4.79 Å². The number of aromatic carboxylic acids is 1. The molecule has 1 saturated carbocycles. The molecule has 0 heterocycles. The number of nitro benzene ring substituents is 1. The molecular formula is C14H18N2O5. The van der Waals surface area contributed by atoms with Gasteiger partial charge >= 0.3 is 5.97 Å². The van der Waals surface area contributed by atoms with Gasteiger partial charge in [-0.1, -0.05) is 6.42 Å². The molecule has 0 radical (unpaired) electrons. The Labute approximate surface area is 121 Å². The van der Waals surface area contributed by atoms with Crippen LogP contribution < -0.4 is 5.32 Å². The van der Waals surface area contributed by atoms with Crippen LogP contribution in [0.5, 0.6) is 0 Å². The maximum absolute atomic E-state index is 11.0. The summed E-state index contributed by atoms with van der Waals surface area (Å²) < 4.78 is 0. The highest BCUT2D eigenvalue weighted by Gasteiger charge is 2.22. The highest BCUT2D eigenvalue weighted by molar-refractivity contribution is 5.90. The second kappa shape index (κ2) is 6.53. The molecule has 1 aliphatic carbocycles. The Morgan fingerprint density at radius 3 is 2.81 bits per heavy atom. The maximum atomic E-state index is 11.0. The molecule has 0 amide bonds. The van der Waals surface area contributed by atoms with Crippen LogP contribution in [0.15, 0.2) is 18.2 Å². The third-order valence-corrected chi connectivity index (χ3v) is 3.78. The number of nitro groups is 1. The zero-order valence-corrected chi connectivity index (χ0v) is 11.5. The number of nitrogens with one attached hydrogen (secondary N) is 1. The molecule has 21 heavy (non-hydrogen) atoms. The summed E-state index contributed by atoms with van der Waals surface area (Å²) in [5.41, 5.74) is 0.0723. The summed E-state index contributed by atoms with van der Waals surface area (Å²) in [6.07, 6.45) is 3.04. The lowest BCUT2D eigenvalue weighted by molar-refractivity contribution is -0.384. The lowest BCUT2D eigenvalue weighted by Gasteiger charge is -2.26. The van der Waals surface area contributed by atoms with Crippen molar-refractivity contribution in [1.29, 1.82) is 0 Å². The normalized spacial score (nSPS) is 21.8. The van der Waals surface area contributed by atoms with E-state index in [1.54, 1.807) is 0 Å². The van der Waals surface area contributed by atoms with E-state index in [9.17, 15) is 20.0 Å². The summed E-state index contributed by atoms with van der Waals surface area (Å²) >= 11 is 0. The Morgan fingerprint density at radius 1 is 1.43 bits per heavy atom. The van der Waals surface area contributed by atoms with Crippen LogP contribution in [0.1, 0.15) is 36.0 Å². The number of aliphatic hydroxyl groups is 1. The van der Waals surface area contributed by atoms with Crippen LogP contribution in [0.2, 0.25) is 0 Å². The highest BCUT2D eigenvalue weighted by Crippen LogP contribution is 2.28. The smallest absolute Gasteiger partial charge is 0.335 e. The predicted molar refractivity (Wildman–Crippen MR) is 76.5 cm³/mol. The molecule has 2 unspecified atom stereocenters. The Kier molecular flexibility index (Phi) is 4.74. The number of benzene rings is 1. The molecule has 2 atom stereocenters. The molecule has 0 bridgehead atoms. The minimum Gasteiger partial charge on any atom is -0.478 e. The molecule has 3 N–H and O–H groups in total. The molecule has 7 nitrogen and oxygen atoms in total. The van der Waals surface area contributed by atoms with Gasteiger partial charge in [0.1, 0.15) is 5.69 Å². The van der Waals surface area contributed by atoms with E-state index in [4.69, 9.17) is 5.11 Å². The van der Waals surface area contributed by atoms with Crippen LogP contribution in [0, 0.1) is 16.0 Å². The van der Waals surface area contributed by atoms with Crippen molar-refractivity contribution >= 4 is 17.3 Å². The minimum absolute atomic E-state index is 0.00628. The first-order valence-electron chi connectivity index (χ1n) is 6.91. The lowest BCUT2D eigenvalue weighted by atomic mass is 9.87. The molecule has 1 aliphatic rings. The van der Waals surface area contributed by atoms with Crippen molar-refractivity contribution in [2.45, 2.75) is 31.8 Å². The van der Waals surface area contributed by atoms with Gasteiger partial charge in [-0.05, 0) is 37.3 Å². The largest absolute Gasteiger partial charge is 0.478 e. The number of nitrogens with zero attached hydrogens (tertiary/aromatic N) is 1. The van der Waals surface area contributed by atoms with E-state index < -0.39 is 10.9 Å². The molecule has 7 heteroatoms. The molecule has 0 aliphatic heterocycles. The average Bonchev–Trinajstić information content (AvgIpc) is 2.44. The molecule has 2 rings (SSSR count). The van der Waals surface area contributed by atoms with Crippen molar-refractivity contribution in [1.82, 2.24) is 0 Å². The molecule has 1 fully saturated rings. The summed E-state index contributed by atoms with van der Waals surface area (Å²) in [5, 5.41) is 32.5. The lowest BCUT2D eigenvalue weighted by Crippen LogP contribution is -2.25. The number of carboxylic acid groups (broad SMARTS) is 1. The second-order valence-corrected chi connectivity index (χ2v) is 5.36. The number of carbonyl (C=O) groups is 1. The Balaban J connectivity index is 2.11. The molecule has 1 aromatic rings. The van der Waals surface area contributed by atoms with Crippen LogP contribution in [-0.2, 0) is 0 Å². The number of anilines is 1. The van der Waals surface area contributed by atoms with E-state index in [-0.39, 0.29) is 29.0 Å². The fourth-order valence-electron chi connectivity index (χ4n) is 2.67. The fourth-order valence-corrected chi connectivity index (χ4v) is 2.67. The van der Waals surface area contributed by atoms with Crippen LogP contribution >= 0.6 is 0 Å². The van der Waals surface area contributed by atoms with E-state index in [0.29, 0.717) is 13.0 Å². The molecular weight excluding hydrogens is 276 g/mol. The van der Waals surface area contributed by atoms with E-state index in [1.807, 2.05) is 0 Å². The zero-order valence-electron chi connectivity index (χ0n) is 11.5. The number of rotatable bonds is 5. The van der Waals surface area contributed by atoms with Crippen LogP contribution in [0.4, 0.5) is 11.4 Å². The van der Waals surface area contributed by atoms with Gasteiger partial charge in [-0.2, -0.15) is 0 Å². The van der Waals surface area contributed by atoms with E-state index in [0.717, 1.165) is 19.3 Å². The summed E-state index contributed by atoms with van der Waals surface area (Å²) in [7, 11) is 0. The van der Waals surface area contributed by atoms with Crippen molar-refractivity contribution < 1.29 is 19.9 Å². The van der Waals surface area contributed by atoms with Crippen LogP contribution in [0.3, 0.4) is 0 Å². The number of carboxylic acids is 1. The summed E-state index contributed by atoms with van der Waals surface area (Å²) in [5.74, 6) is -0.886. The van der Waals surface area contributed by atoms with E-state index in [1.165, 1.54) is 18.2 Å². The summed E-state index contributed by atoms with van der Waals surface area (Å²) in [6, 6.07) is 3.69. The van der Waals surface area contributed by atoms with Gasteiger partial charge < -0.3 is 15.5 Å². The zero-order chi connectivity index (χ0) is 15.4. The first-order chi connectivity index (χ1) is 9.97. The Bertz CT molecular complexity index is 546. The van der Waals surface area contributed by atoms with Gasteiger partial charge in [0, 0.05) is 12.6 Å². The third-order valence-electron chi connectivity index (χ3n) is 3.78. The molecule has 114 valence electrons. The highest BCUT2D eigenvalue weighted by atomic mass is 16.6. The summed E-state index contributed by atoms with van der Waals surface area (Å²) in [4.78, 5) is 21.4. The first kappa shape index (κ1) is 15.2. The van der Waals surface area contributed by atoms with Gasteiger partial charge in [-0.15, -0.1) is 0 Å². The molecule has 0 saturated heterocycles. The minimum atomic E-state index is -1.12. The molecule has 0 spiro atoms.